The molecule has 2 aromatic rings. The van der Waals surface area contributed by atoms with Gasteiger partial charge in [0.25, 0.3) is 0 Å². The fourth-order valence-corrected chi connectivity index (χ4v) is 3.96. The largest absolute Gasteiger partial charge is 0.487 e. The molecule has 2 unspecified atom stereocenters. The van der Waals surface area contributed by atoms with Gasteiger partial charge in [0.2, 0.25) is 0 Å². The number of para-hydroxylation sites is 1. The zero-order valence-electron chi connectivity index (χ0n) is 15.9. The van der Waals surface area contributed by atoms with E-state index in [1.54, 1.807) is 0 Å². The maximum absolute atomic E-state index is 13.2. The van der Waals surface area contributed by atoms with Gasteiger partial charge >= 0.3 is 6.03 Å². The third-order valence-electron chi connectivity index (χ3n) is 5.25. The Hall–Kier alpha value is -2.53. The summed E-state index contributed by atoms with van der Waals surface area (Å²) in [6, 6.07) is 17.8. The maximum Gasteiger partial charge on any atom is 0.318 e. The SMILES string of the molecule is CC1(C)CC(NC(=O)N2CCOCC2c2ccccc2)c2ccccc2O1. The summed E-state index contributed by atoms with van der Waals surface area (Å²) in [4.78, 5) is 15.1. The number of nitrogens with one attached hydrogen (secondary N) is 1. The molecule has 2 aliphatic heterocycles. The highest BCUT2D eigenvalue weighted by Gasteiger charge is 2.36. The van der Waals surface area contributed by atoms with Crippen molar-refractivity contribution in [2.45, 2.75) is 38.0 Å². The minimum atomic E-state index is -0.323. The van der Waals surface area contributed by atoms with Crippen LogP contribution in [0.4, 0.5) is 4.79 Å². The number of amides is 2. The fourth-order valence-electron chi connectivity index (χ4n) is 3.96. The van der Waals surface area contributed by atoms with Gasteiger partial charge in [0, 0.05) is 18.5 Å². The summed E-state index contributed by atoms with van der Waals surface area (Å²) in [7, 11) is 0. The summed E-state index contributed by atoms with van der Waals surface area (Å²) >= 11 is 0. The third kappa shape index (κ3) is 3.78. The van der Waals surface area contributed by atoms with E-state index >= 15 is 0 Å². The Morgan fingerprint density at radius 3 is 2.67 bits per heavy atom. The van der Waals surface area contributed by atoms with E-state index in [0.29, 0.717) is 19.8 Å². The van der Waals surface area contributed by atoms with Gasteiger partial charge in [0.15, 0.2) is 0 Å². The van der Waals surface area contributed by atoms with Crippen LogP contribution in [0, 0.1) is 0 Å². The van der Waals surface area contributed by atoms with Crippen LogP contribution < -0.4 is 10.1 Å². The van der Waals surface area contributed by atoms with E-state index < -0.39 is 0 Å². The van der Waals surface area contributed by atoms with Crippen LogP contribution in [0.1, 0.15) is 43.5 Å². The molecule has 0 aliphatic carbocycles. The molecule has 2 heterocycles. The second-order valence-electron chi connectivity index (χ2n) is 7.80. The van der Waals surface area contributed by atoms with Crippen molar-refractivity contribution in [1.82, 2.24) is 10.2 Å². The first-order valence-corrected chi connectivity index (χ1v) is 9.51. The van der Waals surface area contributed by atoms with Crippen molar-refractivity contribution in [2.75, 3.05) is 19.8 Å². The van der Waals surface area contributed by atoms with Crippen LogP contribution in [0.15, 0.2) is 54.6 Å². The Morgan fingerprint density at radius 1 is 1.11 bits per heavy atom. The quantitative estimate of drug-likeness (QED) is 0.872. The second kappa shape index (κ2) is 7.24. The lowest BCUT2D eigenvalue weighted by Crippen LogP contribution is -2.50. The highest BCUT2D eigenvalue weighted by Crippen LogP contribution is 2.39. The van der Waals surface area contributed by atoms with E-state index in [4.69, 9.17) is 9.47 Å². The number of ether oxygens (including phenoxy) is 2. The summed E-state index contributed by atoms with van der Waals surface area (Å²) in [5, 5.41) is 3.25. The molecule has 2 atom stereocenters. The van der Waals surface area contributed by atoms with Crippen LogP contribution in [-0.4, -0.2) is 36.3 Å². The van der Waals surface area contributed by atoms with Crippen LogP contribution in [0.2, 0.25) is 0 Å². The van der Waals surface area contributed by atoms with Gasteiger partial charge in [-0.15, -0.1) is 0 Å². The fraction of sp³-hybridized carbons (Fsp3) is 0.409. The topological polar surface area (TPSA) is 50.8 Å². The molecular weight excluding hydrogens is 340 g/mol. The monoisotopic (exact) mass is 366 g/mol. The third-order valence-corrected chi connectivity index (χ3v) is 5.25. The number of hydrogen-bond acceptors (Lipinski definition) is 3. The molecule has 27 heavy (non-hydrogen) atoms. The standard InChI is InChI=1S/C22H26N2O3/c1-22(2)14-18(17-10-6-7-11-20(17)27-22)23-21(25)24-12-13-26-15-19(24)16-8-4-3-5-9-16/h3-11,18-19H,12-15H2,1-2H3,(H,23,25). The molecule has 5 nitrogen and oxygen atoms in total. The van der Waals surface area contributed by atoms with Crippen LogP contribution in [0.5, 0.6) is 5.75 Å². The zero-order valence-corrected chi connectivity index (χ0v) is 15.9. The predicted octanol–water partition coefficient (Wildman–Crippen LogP) is 4.07. The molecule has 0 saturated carbocycles. The number of rotatable bonds is 2. The van der Waals surface area contributed by atoms with Crippen molar-refractivity contribution in [3.63, 3.8) is 0 Å². The van der Waals surface area contributed by atoms with Crippen LogP contribution in [-0.2, 0) is 4.74 Å². The first-order valence-electron chi connectivity index (χ1n) is 9.51. The molecule has 2 aliphatic rings. The summed E-state index contributed by atoms with van der Waals surface area (Å²) < 4.78 is 11.7. The number of fused-ring (bicyclic) bond motifs is 1. The number of morpholine rings is 1. The van der Waals surface area contributed by atoms with Crippen molar-refractivity contribution in [3.05, 3.63) is 65.7 Å². The van der Waals surface area contributed by atoms with E-state index in [0.717, 1.165) is 23.3 Å². The van der Waals surface area contributed by atoms with Gasteiger partial charge in [0.1, 0.15) is 11.4 Å². The Morgan fingerprint density at radius 2 is 1.85 bits per heavy atom. The first-order chi connectivity index (χ1) is 13.0. The minimum Gasteiger partial charge on any atom is -0.487 e. The van der Waals surface area contributed by atoms with E-state index in [2.05, 4.69) is 19.2 Å². The average molecular weight is 366 g/mol. The van der Waals surface area contributed by atoms with Crippen molar-refractivity contribution in [3.8, 4) is 5.75 Å². The molecule has 0 spiro atoms. The van der Waals surface area contributed by atoms with Gasteiger partial charge in [-0.2, -0.15) is 0 Å². The number of urea groups is 1. The van der Waals surface area contributed by atoms with Crippen molar-refractivity contribution in [1.29, 1.82) is 0 Å². The summed E-state index contributed by atoms with van der Waals surface area (Å²) in [5.41, 5.74) is 1.81. The van der Waals surface area contributed by atoms with Crippen LogP contribution in [0.3, 0.4) is 0 Å². The molecule has 0 bridgehead atoms. The average Bonchev–Trinajstić information content (AvgIpc) is 2.68. The molecule has 1 fully saturated rings. The Balaban J connectivity index is 1.56. The molecule has 4 rings (SSSR count). The Bertz CT molecular complexity index is 806. The summed E-state index contributed by atoms with van der Waals surface area (Å²) in [5.74, 6) is 0.848. The van der Waals surface area contributed by atoms with Gasteiger partial charge in [-0.05, 0) is 25.5 Å². The number of carbonyl (C=O) groups is 1. The van der Waals surface area contributed by atoms with Crippen LogP contribution in [0.25, 0.3) is 0 Å². The van der Waals surface area contributed by atoms with Gasteiger partial charge < -0.3 is 19.7 Å². The van der Waals surface area contributed by atoms with E-state index in [9.17, 15) is 4.79 Å². The molecule has 2 amide bonds. The van der Waals surface area contributed by atoms with E-state index in [1.165, 1.54) is 0 Å². The van der Waals surface area contributed by atoms with Crippen LogP contribution >= 0.6 is 0 Å². The number of carbonyl (C=O) groups excluding carboxylic acids is 1. The highest BCUT2D eigenvalue weighted by molar-refractivity contribution is 5.75. The minimum absolute atomic E-state index is 0.0512. The number of hydrogen-bond donors (Lipinski definition) is 1. The number of benzene rings is 2. The van der Waals surface area contributed by atoms with Gasteiger partial charge in [-0.3, -0.25) is 0 Å². The molecule has 1 N–H and O–H groups in total. The number of nitrogens with zero attached hydrogens (tertiary/aromatic N) is 1. The van der Waals surface area contributed by atoms with Crippen molar-refractivity contribution in [2.24, 2.45) is 0 Å². The molecular formula is C22H26N2O3. The molecule has 2 aromatic carbocycles. The van der Waals surface area contributed by atoms with Gasteiger partial charge in [0.05, 0.1) is 25.3 Å². The Labute approximate surface area is 160 Å². The van der Waals surface area contributed by atoms with E-state index in [-0.39, 0.29) is 23.7 Å². The second-order valence-corrected chi connectivity index (χ2v) is 7.80. The first kappa shape index (κ1) is 17.9. The Kier molecular flexibility index (Phi) is 4.79. The molecule has 5 heteroatoms. The lowest BCUT2D eigenvalue weighted by Gasteiger charge is -2.40. The maximum atomic E-state index is 13.2. The highest BCUT2D eigenvalue weighted by atomic mass is 16.5. The van der Waals surface area contributed by atoms with E-state index in [1.807, 2.05) is 59.5 Å². The summed E-state index contributed by atoms with van der Waals surface area (Å²) in [6.45, 7) is 5.78. The molecule has 0 radical (unpaired) electrons. The zero-order chi connectivity index (χ0) is 18.9. The normalized spacial score (nSPS) is 23.9. The predicted molar refractivity (Wildman–Crippen MR) is 104 cm³/mol. The molecule has 1 saturated heterocycles. The lowest BCUT2D eigenvalue weighted by molar-refractivity contribution is 0.00918. The smallest absolute Gasteiger partial charge is 0.318 e. The van der Waals surface area contributed by atoms with Crippen molar-refractivity contribution < 1.29 is 14.3 Å². The van der Waals surface area contributed by atoms with Gasteiger partial charge in [-0.25, -0.2) is 4.79 Å². The lowest BCUT2D eigenvalue weighted by atomic mass is 9.90. The molecule has 0 aromatic heterocycles. The summed E-state index contributed by atoms with van der Waals surface area (Å²) in [6.07, 6.45) is 0.732. The van der Waals surface area contributed by atoms with Gasteiger partial charge in [-0.1, -0.05) is 48.5 Å². The van der Waals surface area contributed by atoms with Crippen molar-refractivity contribution >= 4 is 6.03 Å². The molecule has 142 valence electrons.